The first-order valence-electron chi connectivity index (χ1n) is 5.59. The van der Waals surface area contributed by atoms with Gasteiger partial charge in [-0.1, -0.05) is 19.9 Å². The van der Waals surface area contributed by atoms with Crippen LogP contribution in [0.25, 0.3) is 0 Å². The van der Waals surface area contributed by atoms with E-state index in [1.807, 2.05) is 6.20 Å². The van der Waals surface area contributed by atoms with Gasteiger partial charge in [-0.15, -0.1) is 0 Å². The van der Waals surface area contributed by atoms with Crippen molar-refractivity contribution in [2.75, 3.05) is 18.0 Å². The van der Waals surface area contributed by atoms with Crippen molar-refractivity contribution < 1.29 is 0 Å². The number of pyridine rings is 1. The van der Waals surface area contributed by atoms with Gasteiger partial charge in [-0.25, -0.2) is 4.98 Å². The van der Waals surface area contributed by atoms with E-state index in [2.05, 4.69) is 48.1 Å². The van der Waals surface area contributed by atoms with Gasteiger partial charge in [0.2, 0.25) is 0 Å². The molecule has 2 heterocycles. The van der Waals surface area contributed by atoms with Crippen molar-refractivity contribution in [3.8, 4) is 0 Å². The second-order valence-corrected chi connectivity index (χ2v) is 4.62. The molecule has 82 valence electrons. The molecule has 0 atom stereocenters. The Morgan fingerprint density at radius 1 is 1.40 bits per heavy atom. The standard InChI is InChI=1S/C12H19N3/c1-9(2)14-11-7-15(8-11)12-5-4-10(3)6-13-12/h4-6,9,11,14H,7-8H2,1-3H3. The average molecular weight is 205 g/mol. The van der Waals surface area contributed by atoms with E-state index in [-0.39, 0.29) is 0 Å². The predicted octanol–water partition coefficient (Wildman–Crippen LogP) is 1.58. The Hall–Kier alpha value is -1.09. The van der Waals surface area contributed by atoms with Crippen LogP contribution in [0.5, 0.6) is 0 Å². The van der Waals surface area contributed by atoms with Crippen molar-refractivity contribution in [2.24, 2.45) is 0 Å². The number of aryl methyl sites for hydroxylation is 1. The van der Waals surface area contributed by atoms with Crippen LogP contribution < -0.4 is 10.2 Å². The number of aromatic nitrogens is 1. The van der Waals surface area contributed by atoms with Crippen LogP contribution in [0.15, 0.2) is 18.3 Å². The second kappa shape index (κ2) is 4.19. The molecule has 0 unspecified atom stereocenters. The number of anilines is 1. The van der Waals surface area contributed by atoms with Crippen molar-refractivity contribution in [1.82, 2.24) is 10.3 Å². The van der Waals surface area contributed by atoms with Gasteiger partial charge >= 0.3 is 0 Å². The fourth-order valence-electron chi connectivity index (χ4n) is 1.89. The molecule has 2 rings (SSSR count). The van der Waals surface area contributed by atoms with Crippen LogP contribution in [0, 0.1) is 6.92 Å². The zero-order valence-corrected chi connectivity index (χ0v) is 9.70. The summed E-state index contributed by atoms with van der Waals surface area (Å²) >= 11 is 0. The molecule has 0 amide bonds. The summed E-state index contributed by atoms with van der Waals surface area (Å²) in [5.41, 5.74) is 1.22. The number of rotatable bonds is 3. The average Bonchev–Trinajstić information content (AvgIpc) is 2.12. The van der Waals surface area contributed by atoms with Gasteiger partial charge in [-0.05, 0) is 18.6 Å². The normalized spacial score (nSPS) is 16.9. The number of nitrogens with zero attached hydrogens (tertiary/aromatic N) is 2. The van der Waals surface area contributed by atoms with Crippen LogP contribution in [0.3, 0.4) is 0 Å². The summed E-state index contributed by atoms with van der Waals surface area (Å²) < 4.78 is 0. The Labute approximate surface area is 91.5 Å². The monoisotopic (exact) mass is 205 g/mol. The fourth-order valence-corrected chi connectivity index (χ4v) is 1.89. The fraction of sp³-hybridized carbons (Fsp3) is 0.583. The van der Waals surface area contributed by atoms with E-state index in [1.54, 1.807) is 0 Å². The molecule has 0 spiro atoms. The molecule has 1 N–H and O–H groups in total. The van der Waals surface area contributed by atoms with Crippen LogP contribution in [0.2, 0.25) is 0 Å². The minimum Gasteiger partial charge on any atom is -0.353 e. The maximum absolute atomic E-state index is 4.41. The lowest BCUT2D eigenvalue weighted by Gasteiger charge is -2.41. The Kier molecular flexibility index (Phi) is 2.91. The van der Waals surface area contributed by atoms with Crippen molar-refractivity contribution in [2.45, 2.75) is 32.9 Å². The van der Waals surface area contributed by atoms with Gasteiger partial charge in [0, 0.05) is 31.4 Å². The second-order valence-electron chi connectivity index (χ2n) is 4.62. The summed E-state index contributed by atoms with van der Waals surface area (Å²) in [5.74, 6) is 1.10. The van der Waals surface area contributed by atoms with Gasteiger partial charge in [0.25, 0.3) is 0 Å². The molecule has 0 bridgehead atoms. The third-order valence-corrected chi connectivity index (χ3v) is 2.67. The molecule has 0 aromatic carbocycles. The molecule has 0 radical (unpaired) electrons. The van der Waals surface area contributed by atoms with Crippen LogP contribution >= 0.6 is 0 Å². The van der Waals surface area contributed by atoms with Gasteiger partial charge in [0.05, 0.1) is 0 Å². The lowest BCUT2D eigenvalue weighted by molar-refractivity contribution is 0.387. The van der Waals surface area contributed by atoms with Crippen molar-refractivity contribution in [3.05, 3.63) is 23.9 Å². The van der Waals surface area contributed by atoms with E-state index in [0.717, 1.165) is 18.9 Å². The molecule has 3 heteroatoms. The largest absolute Gasteiger partial charge is 0.353 e. The van der Waals surface area contributed by atoms with Gasteiger partial charge < -0.3 is 10.2 Å². The molecule has 1 aromatic rings. The Morgan fingerprint density at radius 3 is 2.67 bits per heavy atom. The molecule has 1 aliphatic heterocycles. The topological polar surface area (TPSA) is 28.2 Å². The molecular weight excluding hydrogens is 186 g/mol. The summed E-state index contributed by atoms with van der Waals surface area (Å²) in [7, 11) is 0. The van der Waals surface area contributed by atoms with E-state index < -0.39 is 0 Å². The zero-order chi connectivity index (χ0) is 10.8. The third kappa shape index (κ3) is 2.48. The first-order valence-corrected chi connectivity index (χ1v) is 5.59. The van der Waals surface area contributed by atoms with Crippen LogP contribution in [-0.2, 0) is 0 Å². The smallest absolute Gasteiger partial charge is 0.128 e. The van der Waals surface area contributed by atoms with Crippen LogP contribution in [0.1, 0.15) is 19.4 Å². The summed E-state index contributed by atoms with van der Waals surface area (Å²) in [4.78, 5) is 6.72. The maximum Gasteiger partial charge on any atom is 0.128 e. The molecule has 1 saturated heterocycles. The summed E-state index contributed by atoms with van der Waals surface area (Å²) in [6.07, 6.45) is 1.93. The van der Waals surface area contributed by atoms with E-state index in [1.165, 1.54) is 5.56 Å². The molecule has 3 nitrogen and oxygen atoms in total. The molecule has 1 aliphatic rings. The number of hydrogen-bond acceptors (Lipinski definition) is 3. The SMILES string of the molecule is Cc1ccc(N2CC(NC(C)C)C2)nc1. The van der Waals surface area contributed by atoms with Crippen molar-refractivity contribution in [1.29, 1.82) is 0 Å². The highest BCUT2D eigenvalue weighted by molar-refractivity contribution is 5.42. The van der Waals surface area contributed by atoms with E-state index in [9.17, 15) is 0 Å². The molecule has 1 fully saturated rings. The lowest BCUT2D eigenvalue weighted by atomic mass is 10.1. The zero-order valence-electron chi connectivity index (χ0n) is 9.70. The van der Waals surface area contributed by atoms with E-state index in [0.29, 0.717) is 12.1 Å². The minimum atomic E-state index is 0.572. The molecular formula is C12H19N3. The highest BCUT2D eigenvalue weighted by Crippen LogP contribution is 2.18. The molecule has 0 saturated carbocycles. The first kappa shape index (κ1) is 10.4. The summed E-state index contributed by atoms with van der Waals surface area (Å²) in [6, 6.07) is 5.42. The van der Waals surface area contributed by atoms with Gasteiger partial charge in [-0.2, -0.15) is 0 Å². The minimum absolute atomic E-state index is 0.572. The summed E-state index contributed by atoms with van der Waals surface area (Å²) in [6.45, 7) is 8.60. The Balaban J connectivity index is 1.86. The Bertz CT molecular complexity index is 312. The highest BCUT2D eigenvalue weighted by atomic mass is 15.3. The van der Waals surface area contributed by atoms with Crippen molar-refractivity contribution >= 4 is 5.82 Å². The lowest BCUT2D eigenvalue weighted by Crippen LogP contribution is -2.59. The third-order valence-electron chi connectivity index (χ3n) is 2.67. The van der Waals surface area contributed by atoms with Crippen LogP contribution in [-0.4, -0.2) is 30.2 Å². The maximum atomic E-state index is 4.41. The number of nitrogens with one attached hydrogen (secondary N) is 1. The molecule has 0 aliphatic carbocycles. The predicted molar refractivity (Wildman–Crippen MR) is 63.2 cm³/mol. The highest BCUT2D eigenvalue weighted by Gasteiger charge is 2.27. The van der Waals surface area contributed by atoms with Crippen molar-refractivity contribution in [3.63, 3.8) is 0 Å². The Morgan fingerprint density at radius 2 is 2.13 bits per heavy atom. The molecule has 1 aromatic heterocycles. The van der Waals surface area contributed by atoms with Gasteiger partial charge in [0.15, 0.2) is 0 Å². The van der Waals surface area contributed by atoms with E-state index >= 15 is 0 Å². The quantitative estimate of drug-likeness (QED) is 0.812. The van der Waals surface area contributed by atoms with Gasteiger partial charge in [-0.3, -0.25) is 0 Å². The van der Waals surface area contributed by atoms with Crippen LogP contribution in [0.4, 0.5) is 5.82 Å². The van der Waals surface area contributed by atoms with E-state index in [4.69, 9.17) is 0 Å². The van der Waals surface area contributed by atoms with Gasteiger partial charge in [0.1, 0.15) is 5.82 Å². The first-order chi connectivity index (χ1) is 7.15. The molecule has 15 heavy (non-hydrogen) atoms. The number of hydrogen-bond donors (Lipinski definition) is 1. The summed E-state index contributed by atoms with van der Waals surface area (Å²) in [5, 5.41) is 3.52.